The van der Waals surface area contributed by atoms with Crippen LogP contribution in [-0.4, -0.2) is 37.3 Å². The molecule has 2 aromatic heterocycles. The van der Waals surface area contributed by atoms with E-state index in [4.69, 9.17) is 0 Å². The molecule has 0 aliphatic carbocycles. The first kappa shape index (κ1) is 23.2. The molecule has 0 atom stereocenters. The third kappa shape index (κ3) is 5.68. The van der Waals surface area contributed by atoms with Gasteiger partial charge in [-0.15, -0.1) is 10.2 Å². The maximum Gasteiger partial charge on any atom is 0.255 e. The lowest BCUT2D eigenvalue weighted by molar-refractivity contribution is -0.113. The Morgan fingerprint density at radius 1 is 0.882 bits per heavy atom. The molecule has 0 unspecified atom stereocenters. The minimum absolute atomic E-state index is 0.155. The lowest BCUT2D eigenvalue weighted by atomic mass is 10.1. The molecule has 2 N–H and O–H groups in total. The zero-order chi connectivity index (χ0) is 23.9. The first-order chi connectivity index (χ1) is 16.5. The highest BCUT2D eigenvalue weighted by atomic mass is 32.2. The van der Waals surface area contributed by atoms with E-state index in [-0.39, 0.29) is 17.6 Å². The Labute approximate surface area is 201 Å². The summed E-state index contributed by atoms with van der Waals surface area (Å²) in [6.45, 7) is 4.67. The maximum atomic E-state index is 12.5. The number of hydrogen-bond donors (Lipinski definition) is 2. The quantitative estimate of drug-likeness (QED) is 0.362. The Morgan fingerprint density at radius 2 is 1.53 bits per heavy atom. The molecule has 0 fully saturated rings. The van der Waals surface area contributed by atoms with Gasteiger partial charge < -0.3 is 15.2 Å². The van der Waals surface area contributed by atoms with E-state index in [2.05, 4.69) is 25.8 Å². The molecule has 0 saturated heterocycles. The minimum Gasteiger partial charge on any atom is -0.325 e. The molecule has 0 bridgehead atoms. The van der Waals surface area contributed by atoms with Gasteiger partial charge in [-0.05, 0) is 62.4 Å². The molecular weight excluding hydrogens is 448 g/mol. The zero-order valence-corrected chi connectivity index (χ0v) is 19.7. The van der Waals surface area contributed by atoms with Gasteiger partial charge in [0.2, 0.25) is 5.91 Å². The fourth-order valence-electron chi connectivity index (χ4n) is 3.27. The van der Waals surface area contributed by atoms with E-state index >= 15 is 0 Å². The highest BCUT2D eigenvalue weighted by molar-refractivity contribution is 7.99. The number of carbonyl (C=O) groups excluding carboxylic acids is 2. The van der Waals surface area contributed by atoms with Crippen LogP contribution >= 0.6 is 11.8 Å². The van der Waals surface area contributed by atoms with Crippen molar-refractivity contribution in [1.29, 1.82) is 0 Å². The predicted octanol–water partition coefficient (Wildman–Crippen LogP) is 4.65. The number of carbonyl (C=O) groups is 2. The van der Waals surface area contributed by atoms with Gasteiger partial charge in [0.05, 0.1) is 5.75 Å². The summed E-state index contributed by atoms with van der Waals surface area (Å²) in [6.07, 6.45) is 3.42. The molecule has 0 saturated carbocycles. The number of pyridine rings is 1. The van der Waals surface area contributed by atoms with Crippen LogP contribution in [0.4, 0.5) is 11.4 Å². The van der Waals surface area contributed by atoms with Crippen molar-refractivity contribution in [2.24, 2.45) is 0 Å². The van der Waals surface area contributed by atoms with Crippen LogP contribution in [0.25, 0.3) is 11.4 Å². The largest absolute Gasteiger partial charge is 0.325 e. The number of nitrogens with one attached hydrogen (secondary N) is 2. The summed E-state index contributed by atoms with van der Waals surface area (Å²) in [7, 11) is 0. The number of anilines is 2. The van der Waals surface area contributed by atoms with Crippen LogP contribution in [0.1, 0.15) is 22.8 Å². The van der Waals surface area contributed by atoms with Crippen LogP contribution in [0.2, 0.25) is 0 Å². The molecule has 0 aliphatic heterocycles. The predicted molar refractivity (Wildman–Crippen MR) is 134 cm³/mol. The van der Waals surface area contributed by atoms with E-state index in [1.54, 1.807) is 48.8 Å². The van der Waals surface area contributed by atoms with Gasteiger partial charge in [-0.3, -0.25) is 14.6 Å². The number of aromatic nitrogens is 4. The molecule has 4 rings (SSSR count). The lowest BCUT2D eigenvalue weighted by Crippen LogP contribution is -2.15. The van der Waals surface area contributed by atoms with Crippen molar-refractivity contribution >= 4 is 35.0 Å². The van der Waals surface area contributed by atoms with Gasteiger partial charge in [0, 0.05) is 41.4 Å². The van der Waals surface area contributed by atoms with E-state index in [9.17, 15) is 9.59 Å². The summed E-state index contributed by atoms with van der Waals surface area (Å²) in [5.74, 6) is 0.605. The fraction of sp³-hybridized carbons (Fsp3) is 0.160. The van der Waals surface area contributed by atoms with E-state index in [0.717, 1.165) is 17.0 Å². The second-order valence-electron chi connectivity index (χ2n) is 7.52. The molecule has 9 heteroatoms. The standard InChI is InChI=1S/C25H24N6O2S/c1-3-31-23(18-12-14-26-15-13-18)29-30-25(31)34-16-22(32)27-20-8-10-21(11-9-20)28-24(33)19-6-4-17(2)5-7-19/h4-15H,3,16H2,1-2H3,(H,27,32)(H,28,33). The van der Waals surface area contributed by atoms with Gasteiger partial charge in [0.25, 0.3) is 5.91 Å². The molecular formula is C25H24N6O2S. The van der Waals surface area contributed by atoms with Crippen LogP contribution in [0.5, 0.6) is 0 Å². The Hall–Kier alpha value is -3.98. The van der Waals surface area contributed by atoms with E-state index in [0.29, 0.717) is 28.6 Å². The summed E-state index contributed by atoms with van der Waals surface area (Å²) in [5.41, 5.74) is 3.91. The third-order valence-electron chi connectivity index (χ3n) is 5.04. The average molecular weight is 473 g/mol. The number of benzene rings is 2. The molecule has 8 nitrogen and oxygen atoms in total. The lowest BCUT2D eigenvalue weighted by Gasteiger charge is -2.09. The van der Waals surface area contributed by atoms with Crippen LogP contribution in [0, 0.1) is 6.92 Å². The summed E-state index contributed by atoms with van der Waals surface area (Å²) in [4.78, 5) is 28.9. The van der Waals surface area contributed by atoms with Crippen molar-refractivity contribution in [3.05, 3.63) is 84.2 Å². The van der Waals surface area contributed by atoms with Crippen molar-refractivity contribution < 1.29 is 9.59 Å². The number of hydrogen-bond acceptors (Lipinski definition) is 6. The summed E-state index contributed by atoms with van der Waals surface area (Å²) < 4.78 is 1.97. The zero-order valence-electron chi connectivity index (χ0n) is 18.9. The van der Waals surface area contributed by atoms with Crippen molar-refractivity contribution in [2.45, 2.75) is 25.5 Å². The summed E-state index contributed by atoms with van der Waals surface area (Å²) >= 11 is 1.33. The molecule has 0 radical (unpaired) electrons. The smallest absolute Gasteiger partial charge is 0.255 e. The number of rotatable bonds is 8. The van der Waals surface area contributed by atoms with Crippen LogP contribution < -0.4 is 10.6 Å². The number of amides is 2. The molecule has 172 valence electrons. The van der Waals surface area contributed by atoms with E-state index in [1.807, 2.05) is 42.7 Å². The normalized spacial score (nSPS) is 10.6. The Morgan fingerprint density at radius 3 is 2.18 bits per heavy atom. The molecule has 0 aliphatic rings. The number of nitrogens with zero attached hydrogens (tertiary/aromatic N) is 4. The van der Waals surface area contributed by atoms with Gasteiger partial charge in [-0.25, -0.2) is 0 Å². The highest BCUT2D eigenvalue weighted by Crippen LogP contribution is 2.24. The molecule has 0 spiro atoms. The van der Waals surface area contributed by atoms with Crippen LogP contribution in [0.3, 0.4) is 0 Å². The maximum absolute atomic E-state index is 12.5. The van der Waals surface area contributed by atoms with Gasteiger partial charge >= 0.3 is 0 Å². The number of thioether (sulfide) groups is 1. The first-order valence-electron chi connectivity index (χ1n) is 10.8. The average Bonchev–Trinajstić information content (AvgIpc) is 3.28. The van der Waals surface area contributed by atoms with Crippen molar-refractivity contribution in [3.63, 3.8) is 0 Å². The number of aryl methyl sites for hydroxylation is 1. The SMILES string of the molecule is CCn1c(SCC(=O)Nc2ccc(NC(=O)c3ccc(C)cc3)cc2)nnc1-c1ccncc1. The van der Waals surface area contributed by atoms with Gasteiger partial charge in [0.1, 0.15) is 0 Å². The highest BCUT2D eigenvalue weighted by Gasteiger charge is 2.14. The third-order valence-corrected chi connectivity index (χ3v) is 6.01. The minimum atomic E-state index is -0.181. The molecule has 34 heavy (non-hydrogen) atoms. The monoisotopic (exact) mass is 472 g/mol. The Bertz CT molecular complexity index is 1270. The molecule has 2 amide bonds. The second kappa shape index (κ2) is 10.8. The Kier molecular flexibility index (Phi) is 7.34. The van der Waals surface area contributed by atoms with E-state index in [1.165, 1.54) is 11.8 Å². The molecule has 4 aromatic rings. The van der Waals surface area contributed by atoms with Crippen molar-refractivity contribution in [2.75, 3.05) is 16.4 Å². The fourth-order valence-corrected chi connectivity index (χ4v) is 4.07. The first-order valence-corrected chi connectivity index (χ1v) is 11.8. The van der Waals surface area contributed by atoms with Crippen molar-refractivity contribution in [3.8, 4) is 11.4 Å². The summed E-state index contributed by atoms with van der Waals surface area (Å²) in [5, 5.41) is 14.9. The second-order valence-corrected chi connectivity index (χ2v) is 8.46. The molecule has 2 aromatic carbocycles. The summed E-state index contributed by atoms with van der Waals surface area (Å²) in [6, 6.07) is 18.1. The molecule has 2 heterocycles. The Balaban J connectivity index is 1.32. The van der Waals surface area contributed by atoms with Gasteiger partial charge in [-0.1, -0.05) is 29.5 Å². The van der Waals surface area contributed by atoms with Gasteiger partial charge in [0.15, 0.2) is 11.0 Å². The topological polar surface area (TPSA) is 102 Å². The van der Waals surface area contributed by atoms with Gasteiger partial charge in [-0.2, -0.15) is 0 Å². The van der Waals surface area contributed by atoms with Crippen molar-refractivity contribution in [1.82, 2.24) is 19.7 Å². The van der Waals surface area contributed by atoms with Crippen LogP contribution in [0.15, 0.2) is 78.2 Å². The van der Waals surface area contributed by atoms with E-state index < -0.39 is 0 Å². The van der Waals surface area contributed by atoms with Crippen LogP contribution in [-0.2, 0) is 11.3 Å².